The summed E-state index contributed by atoms with van der Waals surface area (Å²) in [5.41, 5.74) is 2.96. The minimum absolute atomic E-state index is 0.0559. The largest absolute Gasteiger partial charge is 0.355 e. The Balaban J connectivity index is 0.000000267. The summed E-state index contributed by atoms with van der Waals surface area (Å²) >= 11 is 0. The van der Waals surface area contributed by atoms with Crippen molar-refractivity contribution in [3.63, 3.8) is 0 Å². The first kappa shape index (κ1) is 24.8. The molecule has 5 nitrogen and oxygen atoms in total. The third-order valence-electron chi connectivity index (χ3n) is 4.42. The van der Waals surface area contributed by atoms with Gasteiger partial charge in [0.25, 0.3) is 5.91 Å². The molecule has 0 aliphatic heterocycles. The minimum Gasteiger partial charge on any atom is -0.355 e. The van der Waals surface area contributed by atoms with Crippen molar-refractivity contribution in [2.24, 2.45) is 5.14 Å². The lowest BCUT2D eigenvalue weighted by molar-refractivity contribution is 0.0963. The summed E-state index contributed by atoms with van der Waals surface area (Å²) in [6, 6.07) is 17.7. The quantitative estimate of drug-likeness (QED) is 0.773. The lowest BCUT2D eigenvalue weighted by Gasteiger charge is -2.03. The molecule has 3 N–H and O–H groups in total. The van der Waals surface area contributed by atoms with E-state index in [0.29, 0.717) is 5.56 Å². The van der Waals surface area contributed by atoms with Crippen LogP contribution in [0.2, 0.25) is 0 Å². The lowest BCUT2D eigenvalue weighted by atomic mass is 10.0. The summed E-state index contributed by atoms with van der Waals surface area (Å²) in [6.07, 6.45) is 3.41. The maximum absolute atomic E-state index is 11.9. The van der Waals surface area contributed by atoms with Gasteiger partial charge in [0.15, 0.2) is 0 Å². The molecule has 1 saturated carbocycles. The van der Waals surface area contributed by atoms with Crippen molar-refractivity contribution in [2.45, 2.75) is 51.0 Å². The second-order valence-corrected chi connectivity index (χ2v) is 9.16. The standard InChI is InChI=1S/C14H13NO.C5H9F.C3H9NO2S/c1-15-14(16)13-9-7-12(8-10-13)11-5-3-2-4-6-11;6-5-3-1-2-4-5;1-3(2)7(4,5)6/h2-10H,1H3,(H,15,16);5H,1-4H2;3H,1-2H3,(H2,4,5,6). The van der Waals surface area contributed by atoms with Crippen molar-refractivity contribution < 1.29 is 17.6 Å². The van der Waals surface area contributed by atoms with Crippen LogP contribution in [-0.2, 0) is 10.0 Å². The number of sulfonamides is 1. The monoisotopic (exact) mass is 422 g/mol. The molecular formula is C22H31FN2O3S. The predicted octanol–water partition coefficient (Wildman–Crippen LogP) is 4.30. The second kappa shape index (κ2) is 12.3. The summed E-state index contributed by atoms with van der Waals surface area (Å²) in [6.45, 7) is 3.07. The smallest absolute Gasteiger partial charge is 0.251 e. The fraction of sp³-hybridized carbons (Fsp3) is 0.409. The van der Waals surface area contributed by atoms with Crippen LogP contribution in [0.5, 0.6) is 0 Å². The number of hydrogen-bond acceptors (Lipinski definition) is 3. The van der Waals surface area contributed by atoms with E-state index in [-0.39, 0.29) is 5.91 Å². The summed E-state index contributed by atoms with van der Waals surface area (Å²) < 4.78 is 32.1. The van der Waals surface area contributed by atoms with Crippen molar-refractivity contribution in [1.82, 2.24) is 5.32 Å². The third kappa shape index (κ3) is 9.67. The van der Waals surface area contributed by atoms with Gasteiger partial charge in [-0.2, -0.15) is 0 Å². The molecule has 29 heavy (non-hydrogen) atoms. The molecule has 1 amide bonds. The number of rotatable bonds is 3. The van der Waals surface area contributed by atoms with E-state index in [1.165, 1.54) is 13.8 Å². The topological polar surface area (TPSA) is 89.3 Å². The van der Waals surface area contributed by atoms with Gasteiger partial charge in [-0.25, -0.2) is 17.9 Å². The van der Waals surface area contributed by atoms with E-state index in [4.69, 9.17) is 0 Å². The zero-order valence-electron chi connectivity index (χ0n) is 17.3. The van der Waals surface area contributed by atoms with Crippen LogP contribution in [0.4, 0.5) is 4.39 Å². The molecule has 1 aliphatic carbocycles. The summed E-state index contributed by atoms with van der Waals surface area (Å²) in [4.78, 5) is 11.4. The molecule has 3 rings (SSSR count). The number of benzene rings is 2. The zero-order valence-corrected chi connectivity index (χ0v) is 18.1. The van der Waals surface area contributed by atoms with Crippen LogP contribution in [0.3, 0.4) is 0 Å². The Morgan fingerprint density at radius 2 is 1.45 bits per heavy atom. The highest BCUT2D eigenvalue weighted by Crippen LogP contribution is 2.20. The highest BCUT2D eigenvalue weighted by molar-refractivity contribution is 7.89. The number of nitrogens with two attached hydrogens (primary N) is 1. The molecule has 0 atom stereocenters. The van der Waals surface area contributed by atoms with Crippen molar-refractivity contribution in [3.05, 3.63) is 60.2 Å². The van der Waals surface area contributed by atoms with Crippen molar-refractivity contribution in [3.8, 4) is 11.1 Å². The van der Waals surface area contributed by atoms with E-state index in [1.807, 2.05) is 42.5 Å². The summed E-state index contributed by atoms with van der Waals surface area (Å²) in [7, 11) is -1.61. The Hall–Kier alpha value is -2.25. The molecule has 0 spiro atoms. The van der Waals surface area contributed by atoms with Gasteiger partial charge in [-0.3, -0.25) is 4.79 Å². The molecule has 2 aromatic carbocycles. The first-order valence-electron chi connectivity index (χ1n) is 9.68. The highest BCUT2D eigenvalue weighted by Gasteiger charge is 2.11. The van der Waals surface area contributed by atoms with Gasteiger partial charge in [0.2, 0.25) is 10.0 Å². The van der Waals surface area contributed by atoms with Gasteiger partial charge >= 0.3 is 0 Å². The average molecular weight is 423 g/mol. The molecule has 0 radical (unpaired) electrons. The minimum atomic E-state index is -3.24. The molecule has 0 heterocycles. The van der Waals surface area contributed by atoms with E-state index >= 15 is 0 Å². The van der Waals surface area contributed by atoms with Crippen LogP contribution in [0.1, 0.15) is 49.9 Å². The van der Waals surface area contributed by atoms with E-state index < -0.39 is 21.4 Å². The Morgan fingerprint density at radius 3 is 1.79 bits per heavy atom. The lowest BCUT2D eigenvalue weighted by Crippen LogP contribution is -2.22. The number of carbonyl (C=O) groups is 1. The number of halogens is 1. The fourth-order valence-electron chi connectivity index (χ4n) is 2.46. The molecule has 160 valence electrons. The first-order valence-corrected chi connectivity index (χ1v) is 11.3. The van der Waals surface area contributed by atoms with Crippen molar-refractivity contribution in [2.75, 3.05) is 7.05 Å². The number of carbonyl (C=O) groups excluding carboxylic acids is 1. The SMILES string of the molecule is CC(C)S(N)(=O)=O.CNC(=O)c1ccc(-c2ccccc2)cc1.FC1CCCC1. The summed E-state index contributed by atoms with van der Waals surface area (Å²) in [5, 5.41) is 6.80. The predicted molar refractivity (Wildman–Crippen MR) is 117 cm³/mol. The molecule has 1 fully saturated rings. The van der Waals surface area contributed by atoms with E-state index in [1.54, 1.807) is 7.05 Å². The van der Waals surface area contributed by atoms with Gasteiger partial charge in [-0.1, -0.05) is 55.3 Å². The van der Waals surface area contributed by atoms with Gasteiger partial charge in [-0.05, 0) is 49.9 Å². The van der Waals surface area contributed by atoms with E-state index in [9.17, 15) is 17.6 Å². The van der Waals surface area contributed by atoms with Crippen LogP contribution in [0, 0.1) is 0 Å². The zero-order chi connectivity index (χ0) is 21.9. The molecule has 2 aromatic rings. The van der Waals surface area contributed by atoms with Crippen molar-refractivity contribution in [1.29, 1.82) is 0 Å². The highest BCUT2D eigenvalue weighted by atomic mass is 32.2. The molecule has 7 heteroatoms. The number of nitrogens with one attached hydrogen (secondary N) is 1. The normalized spacial score (nSPS) is 13.7. The Morgan fingerprint density at radius 1 is 1.00 bits per heavy atom. The Bertz CT molecular complexity index is 832. The maximum Gasteiger partial charge on any atom is 0.251 e. The van der Waals surface area contributed by atoms with Gasteiger partial charge in [-0.15, -0.1) is 0 Å². The molecule has 1 aliphatic rings. The van der Waals surface area contributed by atoms with Crippen LogP contribution in [-0.4, -0.2) is 32.8 Å². The van der Waals surface area contributed by atoms with Gasteiger partial charge in [0, 0.05) is 12.6 Å². The summed E-state index contributed by atoms with van der Waals surface area (Å²) in [5.74, 6) is -0.0559. The molecule has 0 saturated heterocycles. The first-order chi connectivity index (χ1) is 13.6. The number of amides is 1. The van der Waals surface area contributed by atoms with Gasteiger partial charge in [0.1, 0.15) is 6.17 Å². The van der Waals surface area contributed by atoms with Crippen LogP contribution < -0.4 is 10.5 Å². The Kier molecular flexibility index (Phi) is 10.5. The molecule has 0 bridgehead atoms. The molecule has 0 unspecified atom stereocenters. The Labute approximate surface area is 173 Å². The number of primary sulfonamides is 1. The van der Waals surface area contributed by atoms with Gasteiger partial charge in [0.05, 0.1) is 5.25 Å². The van der Waals surface area contributed by atoms with Crippen LogP contribution in [0.25, 0.3) is 11.1 Å². The molecular weight excluding hydrogens is 391 g/mol. The van der Waals surface area contributed by atoms with Crippen LogP contribution in [0.15, 0.2) is 54.6 Å². The third-order valence-corrected chi connectivity index (χ3v) is 5.74. The van der Waals surface area contributed by atoms with Gasteiger partial charge < -0.3 is 5.32 Å². The number of alkyl halides is 1. The fourth-order valence-corrected chi connectivity index (χ4v) is 2.46. The maximum atomic E-state index is 11.9. The second-order valence-electron chi connectivity index (χ2n) is 7.04. The van der Waals surface area contributed by atoms with E-state index in [2.05, 4.69) is 22.6 Å². The average Bonchev–Trinajstić information content (AvgIpc) is 3.19. The van der Waals surface area contributed by atoms with E-state index in [0.717, 1.165) is 36.8 Å². The number of hydrogen-bond donors (Lipinski definition) is 2. The van der Waals surface area contributed by atoms with Crippen LogP contribution >= 0.6 is 0 Å². The molecule has 0 aromatic heterocycles. The van der Waals surface area contributed by atoms with Crippen molar-refractivity contribution >= 4 is 15.9 Å².